The van der Waals surface area contributed by atoms with Gasteiger partial charge in [-0.1, -0.05) is 5.16 Å². The van der Waals surface area contributed by atoms with Gasteiger partial charge < -0.3 is 20.6 Å². The summed E-state index contributed by atoms with van der Waals surface area (Å²) >= 11 is 0. The third-order valence-electron chi connectivity index (χ3n) is 1.94. The number of ether oxygens (including phenoxy) is 1. The van der Waals surface area contributed by atoms with Crippen LogP contribution in [0.4, 0.5) is 0 Å². The van der Waals surface area contributed by atoms with Crippen molar-refractivity contribution in [2.24, 2.45) is 16.8 Å². The third kappa shape index (κ3) is 3.61. The van der Waals surface area contributed by atoms with Gasteiger partial charge in [0, 0.05) is 20.7 Å². The summed E-state index contributed by atoms with van der Waals surface area (Å²) < 4.78 is 4.82. The van der Waals surface area contributed by atoms with E-state index in [9.17, 15) is 4.79 Å². The van der Waals surface area contributed by atoms with E-state index in [0.29, 0.717) is 13.2 Å². The Labute approximate surface area is 83.3 Å². The lowest BCUT2D eigenvalue weighted by Gasteiger charge is -2.20. The maximum Gasteiger partial charge on any atom is 0.232 e. The predicted octanol–water partition coefficient (Wildman–Crippen LogP) is -0.526. The number of hydrogen-bond acceptors (Lipinski definition) is 4. The lowest BCUT2D eigenvalue weighted by molar-refractivity contribution is -0.132. The first-order valence-electron chi connectivity index (χ1n) is 4.26. The molecule has 0 aliphatic heterocycles. The first-order valence-corrected chi connectivity index (χ1v) is 4.26. The Morgan fingerprint density at radius 3 is 2.71 bits per heavy atom. The number of rotatable bonds is 5. The summed E-state index contributed by atoms with van der Waals surface area (Å²) in [6, 6.07) is 0. The normalized spacial score (nSPS) is 13.8. The van der Waals surface area contributed by atoms with Crippen LogP contribution in [0, 0.1) is 5.92 Å². The summed E-state index contributed by atoms with van der Waals surface area (Å²) in [6.07, 6.45) is 0. The van der Waals surface area contributed by atoms with Gasteiger partial charge in [0.25, 0.3) is 0 Å². The fourth-order valence-corrected chi connectivity index (χ4v) is 0.882. The molecule has 6 nitrogen and oxygen atoms in total. The van der Waals surface area contributed by atoms with Crippen LogP contribution >= 0.6 is 0 Å². The number of amides is 1. The van der Waals surface area contributed by atoms with E-state index in [1.807, 2.05) is 0 Å². The molecule has 0 radical (unpaired) electrons. The molecule has 1 amide bonds. The zero-order valence-electron chi connectivity index (χ0n) is 8.73. The Morgan fingerprint density at radius 2 is 2.29 bits per heavy atom. The average Bonchev–Trinajstić information content (AvgIpc) is 2.22. The van der Waals surface area contributed by atoms with Crippen LogP contribution in [-0.4, -0.2) is 49.2 Å². The summed E-state index contributed by atoms with van der Waals surface area (Å²) in [6.45, 7) is 2.53. The maximum atomic E-state index is 11.5. The second-order valence-electron chi connectivity index (χ2n) is 3.00. The van der Waals surface area contributed by atoms with Gasteiger partial charge in [0.1, 0.15) is 0 Å². The minimum atomic E-state index is -0.609. The largest absolute Gasteiger partial charge is 0.409 e. The molecular weight excluding hydrogens is 186 g/mol. The first-order chi connectivity index (χ1) is 6.54. The van der Waals surface area contributed by atoms with Gasteiger partial charge in [-0.15, -0.1) is 0 Å². The van der Waals surface area contributed by atoms with Crippen molar-refractivity contribution in [1.29, 1.82) is 0 Å². The SMILES string of the molecule is COCCN(C)C(=O)C(C)C(N)=NO. The minimum Gasteiger partial charge on any atom is -0.409 e. The molecule has 1 atom stereocenters. The van der Waals surface area contributed by atoms with Gasteiger partial charge in [0.15, 0.2) is 5.84 Å². The summed E-state index contributed by atoms with van der Waals surface area (Å²) in [4.78, 5) is 13.0. The lowest BCUT2D eigenvalue weighted by atomic mass is 10.1. The van der Waals surface area contributed by atoms with Crippen molar-refractivity contribution in [2.75, 3.05) is 27.3 Å². The number of nitrogens with zero attached hydrogens (tertiary/aromatic N) is 2. The van der Waals surface area contributed by atoms with E-state index in [2.05, 4.69) is 5.16 Å². The van der Waals surface area contributed by atoms with Crippen LogP contribution in [0.2, 0.25) is 0 Å². The Morgan fingerprint density at radius 1 is 1.71 bits per heavy atom. The third-order valence-corrected chi connectivity index (χ3v) is 1.94. The highest BCUT2D eigenvalue weighted by atomic mass is 16.5. The molecule has 82 valence electrons. The molecule has 0 aromatic carbocycles. The highest BCUT2D eigenvalue weighted by Crippen LogP contribution is 2.00. The van der Waals surface area contributed by atoms with Crippen LogP contribution < -0.4 is 5.73 Å². The second kappa shape index (κ2) is 6.20. The molecule has 0 bridgehead atoms. The van der Waals surface area contributed by atoms with Crippen LogP contribution in [0.25, 0.3) is 0 Å². The number of nitrogens with two attached hydrogens (primary N) is 1. The predicted molar refractivity (Wildman–Crippen MR) is 52.1 cm³/mol. The number of hydrogen-bond donors (Lipinski definition) is 2. The highest BCUT2D eigenvalue weighted by Gasteiger charge is 2.20. The van der Waals surface area contributed by atoms with Crippen LogP contribution in [0.15, 0.2) is 5.16 Å². The van der Waals surface area contributed by atoms with Crippen molar-refractivity contribution in [3.05, 3.63) is 0 Å². The number of oxime groups is 1. The molecule has 0 aliphatic carbocycles. The molecular formula is C8H17N3O3. The Hall–Kier alpha value is -1.30. The van der Waals surface area contributed by atoms with E-state index in [4.69, 9.17) is 15.7 Å². The van der Waals surface area contributed by atoms with Gasteiger partial charge in [-0.3, -0.25) is 4.79 Å². The molecule has 0 spiro atoms. The smallest absolute Gasteiger partial charge is 0.232 e. The summed E-state index contributed by atoms with van der Waals surface area (Å²) in [5.74, 6) is -0.890. The minimum absolute atomic E-state index is 0.0840. The molecule has 0 aliphatic rings. The molecule has 0 fully saturated rings. The molecule has 6 heteroatoms. The first kappa shape index (κ1) is 12.7. The van der Waals surface area contributed by atoms with Crippen molar-refractivity contribution in [3.63, 3.8) is 0 Å². The van der Waals surface area contributed by atoms with Crippen LogP contribution in [0.3, 0.4) is 0 Å². The molecule has 0 aromatic heterocycles. The average molecular weight is 203 g/mol. The van der Waals surface area contributed by atoms with Gasteiger partial charge >= 0.3 is 0 Å². The molecule has 0 heterocycles. The van der Waals surface area contributed by atoms with Crippen molar-refractivity contribution < 1.29 is 14.7 Å². The van der Waals surface area contributed by atoms with Gasteiger partial charge in [0.2, 0.25) is 5.91 Å². The zero-order valence-corrected chi connectivity index (χ0v) is 8.73. The van der Waals surface area contributed by atoms with E-state index in [1.54, 1.807) is 21.1 Å². The van der Waals surface area contributed by atoms with Gasteiger partial charge in [0.05, 0.1) is 12.5 Å². The van der Waals surface area contributed by atoms with Crippen molar-refractivity contribution in [1.82, 2.24) is 4.90 Å². The van der Waals surface area contributed by atoms with E-state index in [0.717, 1.165) is 0 Å². The molecule has 14 heavy (non-hydrogen) atoms. The number of amidine groups is 1. The van der Waals surface area contributed by atoms with Gasteiger partial charge in [-0.05, 0) is 6.92 Å². The van der Waals surface area contributed by atoms with Gasteiger partial charge in [-0.2, -0.15) is 0 Å². The van der Waals surface area contributed by atoms with E-state index in [-0.39, 0.29) is 11.7 Å². The fourth-order valence-electron chi connectivity index (χ4n) is 0.882. The van der Waals surface area contributed by atoms with Gasteiger partial charge in [-0.25, -0.2) is 0 Å². The van der Waals surface area contributed by atoms with Crippen molar-refractivity contribution >= 4 is 11.7 Å². The van der Waals surface area contributed by atoms with E-state index >= 15 is 0 Å². The standard InChI is InChI=1S/C8H17N3O3/c1-6(7(9)10-13)8(12)11(2)4-5-14-3/h6,13H,4-5H2,1-3H3,(H2,9,10). The number of methoxy groups -OCH3 is 1. The summed E-state index contributed by atoms with van der Waals surface area (Å²) in [7, 11) is 3.20. The van der Waals surface area contributed by atoms with Crippen LogP contribution in [0.1, 0.15) is 6.92 Å². The van der Waals surface area contributed by atoms with E-state index < -0.39 is 5.92 Å². The van der Waals surface area contributed by atoms with Crippen molar-refractivity contribution in [3.8, 4) is 0 Å². The quantitative estimate of drug-likeness (QED) is 0.272. The fraction of sp³-hybridized carbons (Fsp3) is 0.750. The molecule has 0 saturated heterocycles. The number of carbonyl (C=O) groups excluding carboxylic acids is 1. The molecule has 1 unspecified atom stereocenters. The monoisotopic (exact) mass is 203 g/mol. The number of likely N-dealkylation sites (N-methyl/N-ethyl adjacent to an activating group) is 1. The second-order valence-corrected chi connectivity index (χ2v) is 3.00. The number of carbonyl (C=O) groups is 1. The van der Waals surface area contributed by atoms with Crippen LogP contribution in [-0.2, 0) is 9.53 Å². The topological polar surface area (TPSA) is 88.2 Å². The summed E-state index contributed by atoms with van der Waals surface area (Å²) in [5, 5.41) is 11.2. The highest BCUT2D eigenvalue weighted by molar-refractivity contribution is 6.01. The maximum absolute atomic E-state index is 11.5. The summed E-state index contributed by atoms with van der Waals surface area (Å²) in [5.41, 5.74) is 5.31. The van der Waals surface area contributed by atoms with Crippen molar-refractivity contribution in [2.45, 2.75) is 6.92 Å². The molecule has 0 aromatic rings. The Balaban J connectivity index is 4.17. The van der Waals surface area contributed by atoms with E-state index in [1.165, 1.54) is 4.90 Å². The molecule has 3 N–H and O–H groups in total. The molecule has 0 rings (SSSR count). The Bertz CT molecular complexity index is 218. The molecule has 0 saturated carbocycles. The zero-order chi connectivity index (χ0) is 11.1. The van der Waals surface area contributed by atoms with Crippen LogP contribution in [0.5, 0.6) is 0 Å². The lowest BCUT2D eigenvalue weighted by Crippen LogP contribution is -2.39. The Kier molecular flexibility index (Phi) is 5.62.